The van der Waals surface area contributed by atoms with Crippen molar-refractivity contribution < 1.29 is 9.47 Å². The number of hydrogen-bond donors (Lipinski definition) is 0. The Morgan fingerprint density at radius 3 is 2.36 bits per heavy atom. The van der Waals surface area contributed by atoms with Crippen LogP contribution in [0, 0.1) is 0 Å². The molecule has 2 heterocycles. The highest BCUT2D eigenvalue weighted by atomic mass is 32.2. The van der Waals surface area contributed by atoms with Gasteiger partial charge in [-0.2, -0.15) is 0 Å². The van der Waals surface area contributed by atoms with Crippen LogP contribution in [0.4, 0.5) is 0 Å². The van der Waals surface area contributed by atoms with Gasteiger partial charge < -0.3 is 9.47 Å². The molecule has 0 N–H and O–H groups in total. The highest BCUT2D eigenvalue weighted by molar-refractivity contribution is 8.00. The maximum absolute atomic E-state index is 5.82. The minimum atomic E-state index is 0.251. The maximum atomic E-state index is 5.82. The van der Waals surface area contributed by atoms with E-state index in [4.69, 9.17) is 9.47 Å². The van der Waals surface area contributed by atoms with Crippen LogP contribution in [0.3, 0.4) is 0 Å². The lowest BCUT2D eigenvalue weighted by Gasteiger charge is -2.47. The molecule has 0 amide bonds. The maximum Gasteiger partial charge on any atom is 0.118 e. The van der Waals surface area contributed by atoms with Crippen molar-refractivity contribution in [3.8, 4) is 5.75 Å². The number of rotatable bonds is 3. The smallest absolute Gasteiger partial charge is 0.118 e. The van der Waals surface area contributed by atoms with Crippen molar-refractivity contribution in [3.05, 3.63) is 65.2 Å². The van der Waals surface area contributed by atoms with Gasteiger partial charge in [0.15, 0.2) is 0 Å². The Hall–Kier alpha value is -1.45. The van der Waals surface area contributed by atoms with E-state index in [2.05, 4.69) is 48.5 Å². The topological polar surface area (TPSA) is 18.5 Å². The van der Waals surface area contributed by atoms with Gasteiger partial charge in [-0.1, -0.05) is 36.4 Å². The van der Waals surface area contributed by atoms with Gasteiger partial charge in [0.05, 0.1) is 7.11 Å². The van der Waals surface area contributed by atoms with E-state index >= 15 is 0 Å². The van der Waals surface area contributed by atoms with Crippen molar-refractivity contribution in [2.75, 3.05) is 14.2 Å². The van der Waals surface area contributed by atoms with E-state index in [0.717, 1.165) is 5.75 Å². The summed E-state index contributed by atoms with van der Waals surface area (Å²) in [6.07, 6.45) is 1.19. The molecule has 2 aliphatic heterocycles. The number of thioether (sulfide) groups is 1. The lowest BCUT2D eigenvalue weighted by molar-refractivity contribution is 0.126. The summed E-state index contributed by atoms with van der Waals surface area (Å²) in [5.41, 5.74) is 4.63. The molecular weight excluding hydrogens is 292 g/mol. The number of fused-ring (bicyclic) bond motifs is 2. The molecule has 1 saturated heterocycles. The van der Waals surface area contributed by atoms with E-state index in [1.807, 2.05) is 18.9 Å². The molecule has 1 aliphatic carbocycles. The second-order valence-electron chi connectivity index (χ2n) is 6.00. The molecule has 114 valence electrons. The fraction of sp³-hybridized carbons (Fsp3) is 0.368. The number of ether oxygens (including phenoxy) is 2. The van der Waals surface area contributed by atoms with Crippen molar-refractivity contribution >= 4 is 11.8 Å². The monoisotopic (exact) mass is 312 g/mol. The third kappa shape index (κ3) is 2.15. The van der Waals surface area contributed by atoms with Crippen LogP contribution in [-0.4, -0.2) is 19.7 Å². The van der Waals surface area contributed by atoms with Crippen LogP contribution in [0.2, 0.25) is 0 Å². The zero-order valence-corrected chi connectivity index (χ0v) is 13.7. The third-order valence-electron chi connectivity index (χ3n) is 4.97. The fourth-order valence-electron chi connectivity index (χ4n) is 3.94. The molecule has 0 unspecified atom stereocenters. The second kappa shape index (κ2) is 5.64. The molecule has 4 atom stereocenters. The summed E-state index contributed by atoms with van der Waals surface area (Å²) in [5, 5.41) is 0.540. The highest BCUT2D eigenvalue weighted by Crippen LogP contribution is 2.61. The van der Waals surface area contributed by atoms with Crippen molar-refractivity contribution in [1.82, 2.24) is 0 Å². The van der Waals surface area contributed by atoms with Gasteiger partial charge in [0.1, 0.15) is 11.2 Å². The molecule has 3 heteroatoms. The van der Waals surface area contributed by atoms with Gasteiger partial charge in [-0.05, 0) is 41.2 Å². The van der Waals surface area contributed by atoms with Crippen LogP contribution < -0.4 is 4.74 Å². The van der Waals surface area contributed by atoms with Gasteiger partial charge in [0, 0.05) is 18.3 Å². The van der Waals surface area contributed by atoms with Crippen LogP contribution in [0.15, 0.2) is 48.5 Å². The number of benzene rings is 2. The Morgan fingerprint density at radius 1 is 0.955 bits per heavy atom. The largest absolute Gasteiger partial charge is 0.497 e. The molecule has 2 aromatic rings. The van der Waals surface area contributed by atoms with E-state index in [0.29, 0.717) is 17.1 Å². The highest BCUT2D eigenvalue weighted by Gasteiger charge is 2.46. The molecule has 22 heavy (non-hydrogen) atoms. The molecule has 0 aromatic heterocycles. The van der Waals surface area contributed by atoms with Crippen molar-refractivity contribution in [1.29, 1.82) is 0 Å². The average molecular weight is 312 g/mol. The number of methoxy groups -OCH3 is 2. The van der Waals surface area contributed by atoms with Gasteiger partial charge in [-0.15, -0.1) is 11.8 Å². The van der Waals surface area contributed by atoms with E-state index < -0.39 is 0 Å². The minimum Gasteiger partial charge on any atom is -0.497 e. The van der Waals surface area contributed by atoms with E-state index in [1.165, 1.54) is 23.1 Å². The summed E-state index contributed by atoms with van der Waals surface area (Å²) in [7, 11) is 3.55. The lowest BCUT2D eigenvalue weighted by atomic mass is 9.71. The normalized spacial score (nSPS) is 29.2. The van der Waals surface area contributed by atoms with Crippen LogP contribution in [0.5, 0.6) is 5.75 Å². The first-order valence-corrected chi connectivity index (χ1v) is 8.67. The Kier molecular flexibility index (Phi) is 3.63. The molecule has 5 rings (SSSR count). The van der Waals surface area contributed by atoms with Crippen LogP contribution in [-0.2, 0) is 4.74 Å². The van der Waals surface area contributed by atoms with Gasteiger partial charge in [-0.3, -0.25) is 0 Å². The lowest BCUT2D eigenvalue weighted by Crippen LogP contribution is -2.36. The Morgan fingerprint density at radius 2 is 1.68 bits per heavy atom. The summed E-state index contributed by atoms with van der Waals surface area (Å²) in [6, 6.07) is 17.4. The van der Waals surface area contributed by atoms with Gasteiger partial charge >= 0.3 is 0 Å². The molecule has 0 spiro atoms. The van der Waals surface area contributed by atoms with Crippen molar-refractivity contribution in [2.45, 2.75) is 28.9 Å². The molecule has 1 fully saturated rings. The summed E-state index contributed by atoms with van der Waals surface area (Å²) >= 11 is 1.98. The van der Waals surface area contributed by atoms with Gasteiger partial charge in [-0.25, -0.2) is 0 Å². The molecule has 0 saturated carbocycles. The zero-order chi connectivity index (χ0) is 15.1. The summed E-state index contributed by atoms with van der Waals surface area (Å²) < 4.78 is 11.1. The number of hydrogen-bond acceptors (Lipinski definition) is 3. The third-order valence-corrected chi connectivity index (χ3v) is 6.50. The first-order chi connectivity index (χ1) is 10.8. The molecule has 2 bridgehead atoms. The molecular formula is C19H20O2S. The summed E-state index contributed by atoms with van der Waals surface area (Å²) in [6.45, 7) is 0. The van der Waals surface area contributed by atoms with E-state index in [-0.39, 0.29) is 5.44 Å². The quantitative estimate of drug-likeness (QED) is 0.816. The zero-order valence-electron chi connectivity index (χ0n) is 12.9. The molecule has 2 nitrogen and oxygen atoms in total. The summed E-state index contributed by atoms with van der Waals surface area (Å²) in [4.78, 5) is 0. The van der Waals surface area contributed by atoms with Gasteiger partial charge in [0.25, 0.3) is 0 Å². The second-order valence-corrected chi connectivity index (χ2v) is 7.30. The minimum absolute atomic E-state index is 0.251. The summed E-state index contributed by atoms with van der Waals surface area (Å²) in [5.74, 6) is 1.88. The van der Waals surface area contributed by atoms with Crippen LogP contribution in [0.25, 0.3) is 0 Å². The van der Waals surface area contributed by atoms with Crippen LogP contribution in [0.1, 0.15) is 40.2 Å². The Bertz CT molecular complexity index is 667. The standard InChI is InChI=1S/C19H20O2S/c1-20-13-9-7-12(8-10-13)16-11-17-14-5-3-4-6-15(14)18(16)19(21-2)22-17/h3-10,16-19H,11H2,1-2H3/t16-,17+,18+,19-/m1/s1. The predicted octanol–water partition coefficient (Wildman–Crippen LogP) is 4.73. The van der Waals surface area contributed by atoms with Crippen LogP contribution >= 0.6 is 11.8 Å². The Balaban J connectivity index is 1.75. The van der Waals surface area contributed by atoms with Gasteiger partial charge in [0.2, 0.25) is 0 Å². The molecule has 0 radical (unpaired) electrons. The molecule has 2 aromatic carbocycles. The van der Waals surface area contributed by atoms with Crippen molar-refractivity contribution in [2.24, 2.45) is 0 Å². The fourth-order valence-corrected chi connectivity index (χ4v) is 5.56. The Labute approximate surface area is 135 Å². The first-order valence-electron chi connectivity index (χ1n) is 7.73. The average Bonchev–Trinajstić information content (AvgIpc) is 2.61. The predicted molar refractivity (Wildman–Crippen MR) is 90.7 cm³/mol. The van der Waals surface area contributed by atoms with E-state index in [9.17, 15) is 0 Å². The first kappa shape index (κ1) is 14.2. The SMILES string of the molecule is COc1ccc([C@H]2C[C@@H]3S[C@@H](OC)[C@H]2c2ccccc23)cc1. The van der Waals surface area contributed by atoms with Crippen molar-refractivity contribution in [3.63, 3.8) is 0 Å². The van der Waals surface area contributed by atoms with E-state index in [1.54, 1.807) is 7.11 Å². The molecule has 3 aliphatic rings.